The Bertz CT molecular complexity index is 1140. The second-order valence-corrected chi connectivity index (χ2v) is 6.21. The van der Waals surface area contributed by atoms with Crippen molar-refractivity contribution in [2.45, 2.75) is 26.9 Å². The van der Waals surface area contributed by atoms with Crippen LogP contribution in [0, 0.1) is 25.7 Å². The van der Waals surface area contributed by atoms with E-state index in [0.717, 1.165) is 5.56 Å². The van der Waals surface area contributed by atoms with Crippen molar-refractivity contribution in [1.82, 2.24) is 14.5 Å². The minimum Gasteiger partial charge on any atom is -0.508 e. The molecule has 1 unspecified atom stereocenters. The fourth-order valence-corrected chi connectivity index (χ4v) is 2.94. The Balaban J connectivity index is 2.43. The van der Waals surface area contributed by atoms with E-state index in [1.165, 1.54) is 13.1 Å². The average molecular weight is 365 g/mol. The van der Waals surface area contributed by atoms with Gasteiger partial charge in [-0.2, -0.15) is 0 Å². The molecular formula is C19H19N5O3. The minimum atomic E-state index is -0.823. The van der Waals surface area contributed by atoms with Crippen LogP contribution in [0.4, 0.5) is 5.82 Å². The molecule has 0 spiro atoms. The van der Waals surface area contributed by atoms with Gasteiger partial charge in [0, 0.05) is 5.56 Å². The number of carbonyl (C=O) groups is 1. The minimum absolute atomic E-state index is 0.0506. The van der Waals surface area contributed by atoms with E-state index < -0.39 is 12.0 Å². The van der Waals surface area contributed by atoms with Crippen LogP contribution in [-0.4, -0.2) is 36.8 Å². The van der Waals surface area contributed by atoms with Crippen LogP contribution in [0.25, 0.3) is 16.9 Å². The number of carbonyl (C=O) groups excluding carboxylic acids is 1. The van der Waals surface area contributed by atoms with Crippen LogP contribution >= 0.6 is 0 Å². The van der Waals surface area contributed by atoms with Crippen molar-refractivity contribution in [2.24, 2.45) is 5.73 Å². The number of aromatic nitrogens is 3. The Hall–Kier alpha value is -3.57. The first kappa shape index (κ1) is 18.2. The van der Waals surface area contributed by atoms with Crippen molar-refractivity contribution in [3.8, 4) is 23.3 Å². The number of aliphatic hydroxyl groups is 1. The number of hydrogen-bond acceptors (Lipinski definition) is 6. The van der Waals surface area contributed by atoms with E-state index in [2.05, 4.69) is 21.8 Å². The standard InChI is InChI=1S/C19H19N5O3/c1-9-4-7-13(26)11(3)16(9)24-17(20)14(18(21)27)15-19(24)23-12(8-22-15)6-5-10(2)25/h4,7-8,10,25-26H,20H2,1-3H3,(H2,21,27). The highest BCUT2D eigenvalue weighted by Crippen LogP contribution is 2.34. The number of anilines is 1. The molecule has 138 valence electrons. The number of amides is 1. The van der Waals surface area contributed by atoms with Crippen molar-refractivity contribution >= 4 is 22.9 Å². The lowest BCUT2D eigenvalue weighted by atomic mass is 10.1. The maximum atomic E-state index is 12.0. The Kier molecular flexibility index (Phi) is 4.47. The summed E-state index contributed by atoms with van der Waals surface area (Å²) in [6.45, 7) is 5.11. The lowest BCUT2D eigenvalue weighted by Gasteiger charge is -2.15. The van der Waals surface area contributed by atoms with Crippen LogP contribution in [0.15, 0.2) is 18.3 Å². The summed E-state index contributed by atoms with van der Waals surface area (Å²) < 4.78 is 1.54. The van der Waals surface area contributed by atoms with Crippen molar-refractivity contribution in [1.29, 1.82) is 0 Å². The fraction of sp³-hybridized carbons (Fsp3) is 0.211. The van der Waals surface area contributed by atoms with E-state index in [0.29, 0.717) is 16.9 Å². The van der Waals surface area contributed by atoms with Gasteiger partial charge in [0.15, 0.2) is 5.65 Å². The molecule has 1 aromatic carbocycles. The number of benzene rings is 1. The van der Waals surface area contributed by atoms with Gasteiger partial charge in [0.2, 0.25) is 0 Å². The number of aryl methyl sites for hydroxylation is 1. The molecule has 3 aromatic rings. The summed E-state index contributed by atoms with van der Waals surface area (Å²) in [4.78, 5) is 20.7. The summed E-state index contributed by atoms with van der Waals surface area (Å²) in [6, 6.07) is 3.31. The number of aliphatic hydroxyl groups excluding tert-OH is 1. The van der Waals surface area contributed by atoms with Crippen LogP contribution in [0.3, 0.4) is 0 Å². The summed E-state index contributed by atoms with van der Waals surface area (Å²) in [5.74, 6) is 4.74. The number of nitrogens with two attached hydrogens (primary N) is 2. The summed E-state index contributed by atoms with van der Waals surface area (Å²) in [6.07, 6.45) is 0.562. The molecular weight excluding hydrogens is 346 g/mol. The zero-order chi connectivity index (χ0) is 19.9. The van der Waals surface area contributed by atoms with Crippen molar-refractivity contribution in [3.05, 3.63) is 40.7 Å². The predicted molar refractivity (Wildman–Crippen MR) is 101 cm³/mol. The number of aromatic hydroxyl groups is 1. The zero-order valence-electron chi connectivity index (χ0n) is 15.1. The second kappa shape index (κ2) is 6.63. The molecule has 2 aromatic heterocycles. The first-order chi connectivity index (χ1) is 12.7. The van der Waals surface area contributed by atoms with E-state index >= 15 is 0 Å². The van der Waals surface area contributed by atoms with Crippen molar-refractivity contribution < 1.29 is 15.0 Å². The Morgan fingerprint density at radius 1 is 1.33 bits per heavy atom. The molecule has 0 fully saturated rings. The number of hydrogen-bond donors (Lipinski definition) is 4. The van der Waals surface area contributed by atoms with E-state index in [4.69, 9.17) is 11.5 Å². The quantitative estimate of drug-likeness (QED) is 0.502. The molecule has 0 aliphatic rings. The number of fused-ring (bicyclic) bond motifs is 1. The van der Waals surface area contributed by atoms with Gasteiger partial charge in [0.25, 0.3) is 5.91 Å². The molecule has 6 N–H and O–H groups in total. The van der Waals surface area contributed by atoms with Gasteiger partial charge in [0.1, 0.15) is 34.4 Å². The molecule has 0 radical (unpaired) electrons. The average Bonchev–Trinajstić information content (AvgIpc) is 2.88. The molecule has 27 heavy (non-hydrogen) atoms. The number of rotatable bonds is 2. The van der Waals surface area contributed by atoms with Gasteiger partial charge in [-0.05, 0) is 38.3 Å². The molecule has 3 rings (SSSR count). The fourth-order valence-electron chi connectivity index (χ4n) is 2.94. The van der Waals surface area contributed by atoms with Crippen molar-refractivity contribution in [2.75, 3.05) is 5.73 Å². The number of nitrogen functional groups attached to an aromatic ring is 1. The molecule has 8 nitrogen and oxygen atoms in total. The second-order valence-electron chi connectivity index (χ2n) is 6.21. The van der Waals surface area contributed by atoms with Crippen LogP contribution in [0.1, 0.15) is 34.1 Å². The van der Waals surface area contributed by atoms with Gasteiger partial charge in [-0.25, -0.2) is 9.97 Å². The largest absolute Gasteiger partial charge is 0.508 e. The van der Waals surface area contributed by atoms with E-state index in [9.17, 15) is 15.0 Å². The van der Waals surface area contributed by atoms with E-state index in [1.807, 2.05) is 6.92 Å². The third-order valence-electron chi connectivity index (χ3n) is 4.18. The molecule has 0 bridgehead atoms. The summed E-state index contributed by atoms with van der Waals surface area (Å²) in [5.41, 5.74) is 14.6. The Morgan fingerprint density at radius 2 is 2.04 bits per heavy atom. The summed E-state index contributed by atoms with van der Waals surface area (Å²) in [7, 11) is 0. The maximum absolute atomic E-state index is 12.0. The number of phenolic OH excluding ortho intramolecular Hbond substituents is 1. The molecule has 0 saturated carbocycles. The lowest BCUT2D eigenvalue weighted by molar-refractivity contribution is 0.100. The molecule has 1 amide bonds. The van der Waals surface area contributed by atoms with Crippen LogP contribution < -0.4 is 11.5 Å². The lowest BCUT2D eigenvalue weighted by Crippen LogP contribution is -2.14. The predicted octanol–water partition coefficient (Wildman–Crippen LogP) is 1.16. The van der Waals surface area contributed by atoms with Gasteiger partial charge < -0.3 is 21.7 Å². The number of phenols is 1. The van der Waals surface area contributed by atoms with Gasteiger partial charge in [-0.15, -0.1) is 0 Å². The number of primary amides is 1. The first-order valence-corrected chi connectivity index (χ1v) is 8.18. The number of nitrogens with zero attached hydrogens (tertiary/aromatic N) is 3. The smallest absolute Gasteiger partial charge is 0.254 e. The first-order valence-electron chi connectivity index (χ1n) is 8.18. The maximum Gasteiger partial charge on any atom is 0.254 e. The summed E-state index contributed by atoms with van der Waals surface area (Å²) in [5, 5.41) is 19.5. The zero-order valence-corrected chi connectivity index (χ0v) is 15.1. The molecule has 0 saturated heterocycles. The van der Waals surface area contributed by atoms with Gasteiger partial charge in [-0.3, -0.25) is 9.36 Å². The highest BCUT2D eigenvalue weighted by atomic mass is 16.3. The van der Waals surface area contributed by atoms with Gasteiger partial charge in [-0.1, -0.05) is 12.0 Å². The highest BCUT2D eigenvalue weighted by Gasteiger charge is 2.24. The Labute approximate surface area is 155 Å². The molecule has 0 aliphatic heterocycles. The van der Waals surface area contributed by atoms with Gasteiger partial charge >= 0.3 is 0 Å². The molecule has 1 atom stereocenters. The molecule has 2 heterocycles. The van der Waals surface area contributed by atoms with Crippen LogP contribution in [-0.2, 0) is 0 Å². The monoisotopic (exact) mass is 365 g/mol. The van der Waals surface area contributed by atoms with Gasteiger partial charge in [0.05, 0.1) is 11.9 Å². The van der Waals surface area contributed by atoms with Crippen LogP contribution in [0.2, 0.25) is 0 Å². The SMILES string of the molecule is Cc1ccc(O)c(C)c1-n1c(N)c(C(N)=O)c2ncc(C#CC(C)O)nc21. The molecule has 8 heteroatoms. The summed E-state index contributed by atoms with van der Waals surface area (Å²) >= 11 is 0. The molecule has 0 aliphatic carbocycles. The Morgan fingerprint density at radius 3 is 2.67 bits per heavy atom. The normalized spacial score (nSPS) is 11.9. The van der Waals surface area contributed by atoms with Crippen molar-refractivity contribution in [3.63, 3.8) is 0 Å². The van der Waals surface area contributed by atoms with Crippen LogP contribution in [0.5, 0.6) is 5.75 Å². The van der Waals surface area contributed by atoms with E-state index in [-0.39, 0.29) is 28.3 Å². The highest BCUT2D eigenvalue weighted by molar-refractivity contribution is 6.09. The van der Waals surface area contributed by atoms with E-state index in [1.54, 1.807) is 23.6 Å². The third-order valence-corrected chi connectivity index (χ3v) is 4.18. The topological polar surface area (TPSA) is 140 Å². The third kappa shape index (κ3) is 3.05.